The molecule has 0 aromatic heterocycles. The lowest BCUT2D eigenvalue weighted by Crippen LogP contribution is -2.68. The number of hydrogen-bond donors (Lipinski definition) is 1. The van der Waals surface area contributed by atoms with Crippen LogP contribution in [0.25, 0.3) is 0 Å². The number of ether oxygens (including phenoxy) is 1. The van der Waals surface area contributed by atoms with E-state index in [-0.39, 0.29) is 0 Å². The molecule has 98 valence electrons. The molecule has 2 nitrogen and oxygen atoms in total. The molecule has 2 saturated carbocycles. The molecule has 2 heteroatoms. The van der Waals surface area contributed by atoms with E-state index in [1.807, 2.05) is 0 Å². The molecule has 1 aliphatic heterocycles. The van der Waals surface area contributed by atoms with Crippen LogP contribution in [0.3, 0.4) is 0 Å². The molecule has 2 aliphatic carbocycles. The first-order chi connectivity index (χ1) is 8.10. The number of nitrogens with one attached hydrogen (secondary N) is 1. The molecule has 3 aliphatic rings. The van der Waals surface area contributed by atoms with Crippen LogP contribution in [0.5, 0.6) is 0 Å². The molecular formula is C15H27NO. The monoisotopic (exact) mass is 237 g/mol. The lowest BCUT2D eigenvalue weighted by molar-refractivity contribution is -0.117. The van der Waals surface area contributed by atoms with Crippen molar-refractivity contribution in [1.82, 2.24) is 5.32 Å². The number of rotatable bonds is 2. The predicted molar refractivity (Wildman–Crippen MR) is 70.0 cm³/mol. The molecule has 0 bridgehead atoms. The van der Waals surface area contributed by atoms with E-state index in [4.69, 9.17) is 4.74 Å². The van der Waals surface area contributed by atoms with Crippen molar-refractivity contribution in [1.29, 1.82) is 0 Å². The van der Waals surface area contributed by atoms with Gasteiger partial charge in [0, 0.05) is 30.0 Å². The van der Waals surface area contributed by atoms with Gasteiger partial charge in [0.05, 0.1) is 6.10 Å². The van der Waals surface area contributed by atoms with Gasteiger partial charge in [-0.3, -0.25) is 0 Å². The number of fused-ring (bicyclic) bond motifs is 1. The second-order valence-electron chi connectivity index (χ2n) is 7.08. The SMILES string of the molecule is CC1CCCCC1NC1C2CCOC2C1(C)C. The Hall–Kier alpha value is -0.0800. The third-order valence-electron chi connectivity index (χ3n) is 5.61. The zero-order chi connectivity index (χ0) is 12.0. The van der Waals surface area contributed by atoms with Crippen LogP contribution < -0.4 is 5.32 Å². The first-order valence-electron chi connectivity index (χ1n) is 7.48. The minimum Gasteiger partial charge on any atom is -0.377 e. The highest BCUT2D eigenvalue weighted by molar-refractivity contribution is 5.12. The van der Waals surface area contributed by atoms with E-state index >= 15 is 0 Å². The summed E-state index contributed by atoms with van der Waals surface area (Å²) in [7, 11) is 0. The van der Waals surface area contributed by atoms with Crippen molar-refractivity contribution in [2.45, 2.75) is 71.1 Å². The summed E-state index contributed by atoms with van der Waals surface area (Å²) >= 11 is 0. The molecule has 0 radical (unpaired) electrons. The molecule has 17 heavy (non-hydrogen) atoms. The predicted octanol–water partition coefficient (Wildman–Crippen LogP) is 2.97. The fourth-order valence-corrected chi connectivity index (χ4v) is 4.46. The summed E-state index contributed by atoms with van der Waals surface area (Å²) in [6, 6.07) is 1.45. The largest absolute Gasteiger partial charge is 0.377 e. The zero-order valence-electron chi connectivity index (χ0n) is 11.5. The fourth-order valence-electron chi connectivity index (χ4n) is 4.46. The summed E-state index contributed by atoms with van der Waals surface area (Å²) in [5.74, 6) is 1.65. The molecule has 3 rings (SSSR count). The quantitative estimate of drug-likeness (QED) is 0.797. The highest BCUT2D eigenvalue weighted by atomic mass is 16.5. The maximum atomic E-state index is 5.87. The molecule has 0 aromatic carbocycles. The van der Waals surface area contributed by atoms with Gasteiger partial charge in [-0.25, -0.2) is 0 Å². The highest BCUT2D eigenvalue weighted by Crippen LogP contribution is 2.52. The molecule has 1 heterocycles. The van der Waals surface area contributed by atoms with Gasteiger partial charge in [0.2, 0.25) is 0 Å². The Kier molecular flexibility index (Phi) is 2.99. The normalized spacial score (nSPS) is 48.5. The average Bonchev–Trinajstić information content (AvgIpc) is 2.74. The second-order valence-corrected chi connectivity index (χ2v) is 7.08. The average molecular weight is 237 g/mol. The van der Waals surface area contributed by atoms with Gasteiger partial charge in [0.25, 0.3) is 0 Å². The summed E-state index contributed by atoms with van der Waals surface area (Å²) in [5, 5.41) is 3.99. The summed E-state index contributed by atoms with van der Waals surface area (Å²) in [6.07, 6.45) is 7.44. The van der Waals surface area contributed by atoms with E-state index < -0.39 is 0 Å². The van der Waals surface area contributed by atoms with Crippen molar-refractivity contribution in [3.05, 3.63) is 0 Å². The lowest BCUT2D eigenvalue weighted by atomic mass is 9.57. The third kappa shape index (κ3) is 1.84. The molecule has 1 N–H and O–H groups in total. The smallest absolute Gasteiger partial charge is 0.0685 e. The van der Waals surface area contributed by atoms with Gasteiger partial charge in [-0.05, 0) is 25.2 Å². The van der Waals surface area contributed by atoms with E-state index in [0.29, 0.717) is 17.6 Å². The van der Waals surface area contributed by atoms with E-state index in [9.17, 15) is 0 Å². The Morgan fingerprint density at radius 2 is 1.88 bits per heavy atom. The molecule has 3 fully saturated rings. The van der Waals surface area contributed by atoms with Crippen LogP contribution in [-0.4, -0.2) is 24.8 Å². The van der Waals surface area contributed by atoms with Crippen LogP contribution in [0.1, 0.15) is 52.9 Å². The maximum absolute atomic E-state index is 5.87. The standard InChI is InChI=1S/C15H27NO/c1-10-6-4-5-7-12(10)16-13-11-8-9-17-14(11)15(13,2)3/h10-14,16H,4-9H2,1-3H3. The van der Waals surface area contributed by atoms with Crippen LogP contribution >= 0.6 is 0 Å². The van der Waals surface area contributed by atoms with Crippen molar-refractivity contribution >= 4 is 0 Å². The van der Waals surface area contributed by atoms with Gasteiger partial charge < -0.3 is 10.1 Å². The minimum atomic E-state index is 0.346. The molecule has 0 amide bonds. The summed E-state index contributed by atoms with van der Waals surface area (Å²) in [6.45, 7) is 8.16. The van der Waals surface area contributed by atoms with Crippen LogP contribution in [0.4, 0.5) is 0 Å². The molecule has 1 saturated heterocycles. The fraction of sp³-hybridized carbons (Fsp3) is 1.00. The van der Waals surface area contributed by atoms with Crippen molar-refractivity contribution in [2.24, 2.45) is 17.3 Å². The third-order valence-corrected chi connectivity index (χ3v) is 5.61. The van der Waals surface area contributed by atoms with E-state index in [1.165, 1.54) is 32.1 Å². The van der Waals surface area contributed by atoms with E-state index in [1.54, 1.807) is 0 Å². The van der Waals surface area contributed by atoms with E-state index in [0.717, 1.165) is 24.5 Å². The van der Waals surface area contributed by atoms with Crippen LogP contribution in [0, 0.1) is 17.3 Å². The van der Waals surface area contributed by atoms with Crippen LogP contribution in [0.2, 0.25) is 0 Å². The van der Waals surface area contributed by atoms with Gasteiger partial charge in [0.15, 0.2) is 0 Å². The van der Waals surface area contributed by atoms with Crippen molar-refractivity contribution in [2.75, 3.05) is 6.61 Å². The number of hydrogen-bond acceptors (Lipinski definition) is 2. The lowest BCUT2D eigenvalue weighted by Gasteiger charge is -2.56. The molecule has 5 unspecified atom stereocenters. The Balaban J connectivity index is 1.64. The Labute approximate surface area is 105 Å². The van der Waals surface area contributed by atoms with Gasteiger partial charge in [0.1, 0.15) is 0 Å². The highest BCUT2D eigenvalue weighted by Gasteiger charge is 2.59. The second kappa shape index (κ2) is 4.24. The Bertz CT molecular complexity index is 289. The molecule has 0 aromatic rings. The first-order valence-corrected chi connectivity index (χ1v) is 7.48. The summed E-state index contributed by atoms with van der Waals surface area (Å²) < 4.78 is 5.87. The minimum absolute atomic E-state index is 0.346. The zero-order valence-corrected chi connectivity index (χ0v) is 11.5. The maximum Gasteiger partial charge on any atom is 0.0685 e. The Morgan fingerprint density at radius 3 is 2.65 bits per heavy atom. The first kappa shape index (κ1) is 12.0. The van der Waals surface area contributed by atoms with Crippen LogP contribution in [0.15, 0.2) is 0 Å². The topological polar surface area (TPSA) is 21.3 Å². The molecule has 0 spiro atoms. The van der Waals surface area contributed by atoms with E-state index in [2.05, 4.69) is 26.1 Å². The summed E-state index contributed by atoms with van der Waals surface area (Å²) in [4.78, 5) is 0. The van der Waals surface area contributed by atoms with Crippen LogP contribution in [-0.2, 0) is 4.74 Å². The summed E-state index contributed by atoms with van der Waals surface area (Å²) in [5.41, 5.74) is 0.346. The van der Waals surface area contributed by atoms with Gasteiger partial charge >= 0.3 is 0 Å². The van der Waals surface area contributed by atoms with Crippen molar-refractivity contribution in [3.63, 3.8) is 0 Å². The van der Waals surface area contributed by atoms with Crippen molar-refractivity contribution < 1.29 is 4.74 Å². The van der Waals surface area contributed by atoms with Gasteiger partial charge in [-0.15, -0.1) is 0 Å². The Morgan fingerprint density at radius 1 is 1.12 bits per heavy atom. The molecular weight excluding hydrogens is 210 g/mol. The van der Waals surface area contributed by atoms with Gasteiger partial charge in [-0.1, -0.05) is 33.6 Å². The van der Waals surface area contributed by atoms with Crippen molar-refractivity contribution in [3.8, 4) is 0 Å². The van der Waals surface area contributed by atoms with Gasteiger partial charge in [-0.2, -0.15) is 0 Å². The molecule has 5 atom stereocenters.